The van der Waals surface area contributed by atoms with E-state index >= 15 is 0 Å². The summed E-state index contributed by atoms with van der Waals surface area (Å²) in [5.74, 6) is 5.68. The highest BCUT2D eigenvalue weighted by Gasteiger charge is 2.14. The Morgan fingerprint density at radius 3 is 3.00 bits per heavy atom. The van der Waals surface area contributed by atoms with Crippen LogP contribution in [-0.2, 0) is 0 Å². The number of thiophene rings is 1. The fraction of sp³-hybridized carbons (Fsp3) is 0.500. The third-order valence-electron chi connectivity index (χ3n) is 3.11. The third-order valence-corrected chi connectivity index (χ3v) is 4.02. The summed E-state index contributed by atoms with van der Waals surface area (Å²) < 4.78 is 0. The molecule has 0 atom stereocenters. The number of carbonyl (C=O) groups excluding carboxylic acids is 1. The van der Waals surface area contributed by atoms with Crippen LogP contribution >= 0.6 is 11.3 Å². The molecule has 1 aromatic heterocycles. The van der Waals surface area contributed by atoms with Crippen molar-refractivity contribution in [2.45, 2.75) is 12.8 Å². The van der Waals surface area contributed by atoms with Gasteiger partial charge in [0.25, 0.3) is 5.91 Å². The summed E-state index contributed by atoms with van der Waals surface area (Å²) in [6, 6.07) is 1.86. The fourth-order valence-corrected chi connectivity index (χ4v) is 2.91. The van der Waals surface area contributed by atoms with Crippen LogP contribution in [0.1, 0.15) is 28.1 Å². The van der Waals surface area contributed by atoms with E-state index in [1.54, 1.807) is 0 Å². The third kappa shape index (κ3) is 4.06. The average Bonchev–Trinajstić information content (AvgIpc) is 3.07. The standard InChI is InChI=1S/C14H19N3OS/c15-6-3-4-12-5-11-19-13(12)14(18)16-7-10-17-8-1-2-9-17/h5,11H,1-2,6-10,15H2,(H,16,18). The van der Waals surface area contributed by atoms with Crippen LogP contribution in [0.4, 0.5) is 0 Å². The van der Waals surface area contributed by atoms with Gasteiger partial charge in [0.1, 0.15) is 4.88 Å². The SMILES string of the molecule is NCC#Cc1ccsc1C(=O)NCCN1CCCC1. The number of hydrogen-bond donors (Lipinski definition) is 2. The Hall–Kier alpha value is -1.35. The number of hydrogen-bond acceptors (Lipinski definition) is 4. The van der Waals surface area contributed by atoms with E-state index in [1.165, 1.54) is 24.2 Å². The van der Waals surface area contributed by atoms with Crippen LogP contribution in [0.15, 0.2) is 11.4 Å². The van der Waals surface area contributed by atoms with Crippen LogP contribution in [0.25, 0.3) is 0 Å². The molecular weight excluding hydrogens is 258 g/mol. The number of amides is 1. The van der Waals surface area contributed by atoms with Crippen molar-refractivity contribution in [1.82, 2.24) is 10.2 Å². The van der Waals surface area contributed by atoms with Gasteiger partial charge in [-0.15, -0.1) is 11.3 Å². The molecule has 2 rings (SSSR count). The van der Waals surface area contributed by atoms with Gasteiger partial charge in [-0.1, -0.05) is 11.8 Å². The molecule has 1 saturated heterocycles. The quantitative estimate of drug-likeness (QED) is 0.803. The zero-order chi connectivity index (χ0) is 13.5. The average molecular weight is 277 g/mol. The van der Waals surface area contributed by atoms with Crippen LogP contribution in [0.5, 0.6) is 0 Å². The van der Waals surface area contributed by atoms with Crippen LogP contribution in [0, 0.1) is 11.8 Å². The maximum atomic E-state index is 12.0. The Morgan fingerprint density at radius 2 is 2.26 bits per heavy atom. The van der Waals surface area contributed by atoms with E-state index in [9.17, 15) is 4.79 Å². The first kappa shape index (κ1) is 14.1. The molecule has 0 spiro atoms. The first-order valence-corrected chi connectivity index (χ1v) is 7.46. The van der Waals surface area contributed by atoms with E-state index < -0.39 is 0 Å². The second kappa shape index (κ2) is 7.29. The second-order valence-corrected chi connectivity index (χ2v) is 5.39. The number of nitrogens with one attached hydrogen (secondary N) is 1. The predicted molar refractivity (Wildman–Crippen MR) is 78.3 cm³/mol. The molecule has 1 aliphatic heterocycles. The topological polar surface area (TPSA) is 58.4 Å². The van der Waals surface area contributed by atoms with Gasteiger partial charge in [0.05, 0.1) is 6.54 Å². The Labute approximate surface area is 118 Å². The minimum absolute atomic E-state index is 0.0319. The lowest BCUT2D eigenvalue weighted by Gasteiger charge is -2.14. The van der Waals surface area contributed by atoms with Gasteiger partial charge in [-0.25, -0.2) is 0 Å². The highest BCUT2D eigenvalue weighted by atomic mass is 32.1. The van der Waals surface area contributed by atoms with Gasteiger partial charge in [0, 0.05) is 18.7 Å². The maximum Gasteiger partial charge on any atom is 0.262 e. The lowest BCUT2D eigenvalue weighted by molar-refractivity contribution is 0.0953. The van der Waals surface area contributed by atoms with Gasteiger partial charge >= 0.3 is 0 Å². The number of likely N-dealkylation sites (tertiary alicyclic amines) is 1. The Kier molecular flexibility index (Phi) is 5.40. The Balaban J connectivity index is 1.83. The summed E-state index contributed by atoms with van der Waals surface area (Å²) in [4.78, 5) is 15.1. The number of nitrogens with zero attached hydrogens (tertiary/aromatic N) is 1. The molecule has 19 heavy (non-hydrogen) atoms. The van der Waals surface area contributed by atoms with E-state index in [4.69, 9.17) is 5.73 Å². The lowest BCUT2D eigenvalue weighted by Crippen LogP contribution is -2.33. The summed E-state index contributed by atoms with van der Waals surface area (Å²) in [5.41, 5.74) is 6.12. The molecule has 1 aromatic rings. The van der Waals surface area contributed by atoms with Crippen LogP contribution in [0.2, 0.25) is 0 Å². The Morgan fingerprint density at radius 1 is 1.47 bits per heavy atom. The van der Waals surface area contributed by atoms with Gasteiger partial charge < -0.3 is 16.0 Å². The minimum atomic E-state index is -0.0319. The molecule has 1 amide bonds. The van der Waals surface area contributed by atoms with Gasteiger partial charge in [-0.05, 0) is 37.4 Å². The van der Waals surface area contributed by atoms with Crippen molar-refractivity contribution in [3.05, 3.63) is 21.9 Å². The van der Waals surface area contributed by atoms with Crippen molar-refractivity contribution in [1.29, 1.82) is 0 Å². The molecule has 3 N–H and O–H groups in total. The normalized spacial score (nSPS) is 15.0. The first-order valence-electron chi connectivity index (χ1n) is 6.58. The van der Waals surface area contributed by atoms with Gasteiger partial charge in [0.2, 0.25) is 0 Å². The summed E-state index contributed by atoms with van der Waals surface area (Å²) in [7, 11) is 0. The highest BCUT2D eigenvalue weighted by Crippen LogP contribution is 2.15. The molecule has 0 bridgehead atoms. The van der Waals surface area contributed by atoms with E-state index in [0.29, 0.717) is 18.0 Å². The predicted octanol–water partition coefficient (Wildman–Crippen LogP) is 0.884. The van der Waals surface area contributed by atoms with Crippen molar-refractivity contribution in [2.24, 2.45) is 5.73 Å². The van der Waals surface area contributed by atoms with Crippen LogP contribution in [-0.4, -0.2) is 43.5 Å². The number of rotatable bonds is 4. The van der Waals surface area contributed by atoms with Crippen molar-refractivity contribution in [3.8, 4) is 11.8 Å². The zero-order valence-electron chi connectivity index (χ0n) is 10.9. The summed E-state index contributed by atoms with van der Waals surface area (Å²) >= 11 is 1.42. The monoisotopic (exact) mass is 277 g/mol. The van der Waals surface area contributed by atoms with Gasteiger partial charge in [-0.2, -0.15) is 0 Å². The van der Waals surface area contributed by atoms with Crippen molar-refractivity contribution in [3.63, 3.8) is 0 Å². The second-order valence-electron chi connectivity index (χ2n) is 4.47. The molecular formula is C14H19N3OS. The highest BCUT2D eigenvalue weighted by molar-refractivity contribution is 7.12. The summed E-state index contributed by atoms with van der Waals surface area (Å²) in [6.07, 6.45) is 2.55. The smallest absolute Gasteiger partial charge is 0.262 e. The van der Waals surface area contributed by atoms with E-state index in [0.717, 1.165) is 25.2 Å². The first-order chi connectivity index (χ1) is 9.31. The summed E-state index contributed by atoms with van der Waals surface area (Å²) in [5, 5.41) is 4.84. The minimum Gasteiger partial charge on any atom is -0.350 e. The van der Waals surface area contributed by atoms with Crippen LogP contribution in [0.3, 0.4) is 0 Å². The molecule has 5 heteroatoms. The fourth-order valence-electron chi connectivity index (χ4n) is 2.14. The van der Waals surface area contributed by atoms with Crippen molar-refractivity contribution in [2.75, 3.05) is 32.7 Å². The van der Waals surface area contributed by atoms with Crippen LogP contribution < -0.4 is 11.1 Å². The van der Waals surface area contributed by atoms with E-state index in [-0.39, 0.29) is 5.91 Å². The number of nitrogens with two attached hydrogens (primary N) is 1. The summed E-state index contributed by atoms with van der Waals surface area (Å²) in [6.45, 7) is 4.25. The molecule has 2 heterocycles. The molecule has 0 aliphatic carbocycles. The molecule has 0 unspecified atom stereocenters. The molecule has 1 aliphatic rings. The van der Waals surface area contributed by atoms with Crippen molar-refractivity contribution >= 4 is 17.2 Å². The van der Waals surface area contributed by atoms with E-state index in [1.807, 2.05) is 11.4 Å². The van der Waals surface area contributed by atoms with Crippen molar-refractivity contribution < 1.29 is 4.79 Å². The maximum absolute atomic E-state index is 12.0. The molecule has 102 valence electrons. The number of carbonyl (C=O) groups is 1. The zero-order valence-corrected chi connectivity index (χ0v) is 11.8. The molecule has 4 nitrogen and oxygen atoms in total. The van der Waals surface area contributed by atoms with Gasteiger partial charge in [-0.3, -0.25) is 4.79 Å². The molecule has 0 radical (unpaired) electrons. The lowest BCUT2D eigenvalue weighted by atomic mass is 10.2. The largest absolute Gasteiger partial charge is 0.350 e. The molecule has 0 saturated carbocycles. The van der Waals surface area contributed by atoms with E-state index in [2.05, 4.69) is 22.1 Å². The Bertz CT molecular complexity index is 480. The van der Waals surface area contributed by atoms with Gasteiger partial charge in [0.15, 0.2) is 0 Å². The molecule has 1 fully saturated rings. The molecule has 0 aromatic carbocycles.